The fourth-order valence-electron chi connectivity index (χ4n) is 7.20. The molecule has 2 aliphatic rings. The first kappa shape index (κ1) is 40.2. The van der Waals surface area contributed by atoms with Gasteiger partial charge >= 0.3 is 12.2 Å². The monoisotopic (exact) mass is 778 g/mol. The molecule has 3 aromatic carbocycles. The lowest BCUT2D eigenvalue weighted by Gasteiger charge is -2.22. The Bertz CT molecular complexity index is 2270. The normalized spacial score (nSPS) is 14.6. The molecule has 0 saturated heterocycles. The van der Waals surface area contributed by atoms with Crippen molar-refractivity contribution in [3.05, 3.63) is 111 Å². The van der Waals surface area contributed by atoms with Crippen LogP contribution >= 0.6 is 0 Å². The van der Waals surface area contributed by atoms with Crippen LogP contribution in [0.5, 0.6) is 0 Å². The highest BCUT2D eigenvalue weighted by molar-refractivity contribution is 6.35. The molecule has 1 aromatic heterocycles. The number of aromatic amines is 1. The van der Waals surface area contributed by atoms with Gasteiger partial charge in [-0.1, -0.05) is 36.4 Å². The Kier molecular flexibility index (Phi) is 11.8. The number of carbonyl (C=O) groups is 5. The number of nitrogens with zero attached hydrogens (tertiary/aromatic N) is 1. The van der Waals surface area contributed by atoms with Crippen LogP contribution in [-0.4, -0.2) is 84.7 Å². The lowest BCUT2D eigenvalue weighted by atomic mass is 9.96. The first-order chi connectivity index (χ1) is 27.2. The van der Waals surface area contributed by atoms with Crippen molar-refractivity contribution in [2.45, 2.75) is 53.1 Å². The molecule has 0 spiro atoms. The third-order valence-corrected chi connectivity index (χ3v) is 9.84. The number of rotatable bonds is 12. The van der Waals surface area contributed by atoms with E-state index in [4.69, 9.17) is 9.47 Å². The average molecular weight is 779 g/mol. The van der Waals surface area contributed by atoms with Gasteiger partial charge in [0.05, 0.1) is 11.1 Å². The quantitative estimate of drug-likeness (QED) is 0.0806. The van der Waals surface area contributed by atoms with Gasteiger partial charge in [-0.25, -0.2) is 14.0 Å². The first-order valence-corrected chi connectivity index (χ1v) is 18.9. The Morgan fingerprint density at radius 1 is 0.895 bits per heavy atom. The van der Waals surface area contributed by atoms with Crippen molar-refractivity contribution in [1.82, 2.24) is 25.8 Å². The molecule has 1 atom stereocenters. The van der Waals surface area contributed by atoms with Gasteiger partial charge in [-0.15, -0.1) is 0 Å². The van der Waals surface area contributed by atoms with E-state index in [1.807, 2.05) is 37.3 Å². The maximum absolute atomic E-state index is 14.0. The van der Waals surface area contributed by atoms with E-state index in [0.717, 1.165) is 22.3 Å². The van der Waals surface area contributed by atoms with Gasteiger partial charge in [-0.2, -0.15) is 0 Å². The minimum absolute atomic E-state index is 0.0335. The summed E-state index contributed by atoms with van der Waals surface area (Å²) in [5.74, 6) is -1.79. The van der Waals surface area contributed by atoms with Crippen molar-refractivity contribution >= 4 is 47.2 Å². The summed E-state index contributed by atoms with van der Waals surface area (Å²) in [6.07, 6.45) is 0.504. The fourth-order valence-corrected chi connectivity index (χ4v) is 7.20. The molecule has 1 unspecified atom stereocenters. The molecule has 14 heteroatoms. The molecule has 0 bridgehead atoms. The van der Waals surface area contributed by atoms with Crippen LogP contribution in [0.25, 0.3) is 22.8 Å². The van der Waals surface area contributed by atoms with Crippen LogP contribution in [0.2, 0.25) is 0 Å². The van der Waals surface area contributed by atoms with Crippen LogP contribution in [0.4, 0.5) is 19.7 Å². The number of ether oxygens (including phenoxy) is 2. The lowest BCUT2D eigenvalue weighted by Crippen LogP contribution is -2.39. The minimum Gasteiger partial charge on any atom is -0.448 e. The van der Waals surface area contributed by atoms with E-state index in [1.165, 1.54) is 23.1 Å². The molecule has 0 fully saturated rings. The molecule has 13 nitrogen and oxygen atoms in total. The van der Waals surface area contributed by atoms with E-state index in [-0.39, 0.29) is 62.0 Å². The number of benzene rings is 3. The van der Waals surface area contributed by atoms with E-state index in [2.05, 4.69) is 26.3 Å². The number of halogens is 1. The van der Waals surface area contributed by atoms with E-state index in [9.17, 15) is 28.4 Å². The zero-order valence-corrected chi connectivity index (χ0v) is 32.9. The Hall–Kier alpha value is -6.44. The average Bonchev–Trinajstić information content (AvgIpc) is 3.76. The zero-order valence-electron chi connectivity index (χ0n) is 32.9. The van der Waals surface area contributed by atoms with E-state index < -0.39 is 23.6 Å². The number of likely N-dealkylation sites (N-methyl/N-ethyl adjacent to an activating group) is 1. The van der Waals surface area contributed by atoms with Crippen LogP contribution in [-0.2, 0) is 14.3 Å². The number of alkyl carbamates (subject to hydrolysis) is 1. The Balaban J connectivity index is 1.06. The van der Waals surface area contributed by atoms with Gasteiger partial charge in [-0.05, 0) is 99.7 Å². The number of aromatic nitrogens is 1. The highest BCUT2D eigenvalue weighted by Crippen LogP contribution is 2.46. The summed E-state index contributed by atoms with van der Waals surface area (Å²) in [4.78, 5) is 69.5. The number of aryl methyl sites for hydroxylation is 1. The predicted molar refractivity (Wildman–Crippen MR) is 214 cm³/mol. The van der Waals surface area contributed by atoms with E-state index in [1.54, 1.807) is 52.8 Å². The molecule has 1 aliphatic heterocycles. The number of hydrogen-bond donors (Lipinski definition) is 5. The molecule has 5 N–H and O–H groups in total. The highest BCUT2D eigenvalue weighted by Gasteiger charge is 2.33. The third kappa shape index (κ3) is 8.85. The second kappa shape index (κ2) is 16.7. The van der Waals surface area contributed by atoms with Gasteiger partial charge < -0.3 is 40.6 Å². The molecule has 298 valence electrons. The van der Waals surface area contributed by atoms with Crippen LogP contribution < -0.4 is 21.3 Å². The van der Waals surface area contributed by atoms with Gasteiger partial charge in [0.2, 0.25) is 0 Å². The Labute approximate surface area is 330 Å². The first-order valence-electron chi connectivity index (χ1n) is 18.9. The number of fused-ring (bicyclic) bond motifs is 4. The van der Waals surface area contributed by atoms with Crippen molar-refractivity contribution in [1.29, 1.82) is 0 Å². The van der Waals surface area contributed by atoms with E-state index in [0.29, 0.717) is 45.9 Å². The maximum Gasteiger partial charge on any atom is 0.409 e. The summed E-state index contributed by atoms with van der Waals surface area (Å²) in [6, 6.07) is 17.3. The minimum atomic E-state index is -0.631. The number of anilines is 1. The molecule has 6 rings (SSSR count). The number of nitrogens with one attached hydrogen (secondary N) is 5. The number of hydrogen-bond acceptors (Lipinski definition) is 7. The Morgan fingerprint density at radius 2 is 1.61 bits per heavy atom. The van der Waals surface area contributed by atoms with Crippen molar-refractivity contribution in [2.24, 2.45) is 0 Å². The predicted octanol–water partition coefficient (Wildman–Crippen LogP) is 6.52. The number of amides is 5. The summed E-state index contributed by atoms with van der Waals surface area (Å²) in [6.45, 7) is 11.7. The summed E-state index contributed by atoms with van der Waals surface area (Å²) in [7, 11) is 0. The van der Waals surface area contributed by atoms with Crippen LogP contribution in [0, 0.1) is 19.7 Å². The molecule has 2 heterocycles. The standard InChI is InChI=1S/C43H47FN6O7/c1-7-50(20-19-46-40(53)36-24(2)35(48-25(36)3)22-32-31-21-26(44)15-16-34(31)49-39(32)52)42(55)56-23-33-27-11-8-9-12-28(27)37-29(33)13-10-14-30(37)38(51)45-17-18-47-41(54)57-43(4,5)6/h8-16,21-22,33,48H,7,17-20,23H2,1-6H3,(H,45,51)(H,46,53)(H,47,54)(H,49,52). The van der Waals surface area contributed by atoms with Crippen LogP contribution in [0.15, 0.2) is 60.7 Å². The maximum atomic E-state index is 14.0. The van der Waals surface area contributed by atoms with Gasteiger partial charge in [0.25, 0.3) is 17.7 Å². The van der Waals surface area contributed by atoms with Crippen molar-refractivity contribution in [3.63, 3.8) is 0 Å². The summed E-state index contributed by atoms with van der Waals surface area (Å²) >= 11 is 0. The smallest absolute Gasteiger partial charge is 0.409 e. The molecular weight excluding hydrogens is 732 g/mol. The van der Waals surface area contributed by atoms with Gasteiger partial charge in [-0.3, -0.25) is 14.4 Å². The molecule has 0 saturated carbocycles. The third-order valence-electron chi connectivity index (χ3n) is 9.84. The van der Waals surface area contributed by atoms with Crippen LogP contribution in [0.1, 0.15) is 88.0 Å². The van der Waals surface area contributed by atoms with Gasteiger partial charge in [0.15, 0.2) is 0 Å². The summed E-state index contributed by atoms with van der Waals surface area (Å²) in [5.41, 5.74) is 6.69. The second-order valence-electron chi connectivity index (χ2n) is 14.9. The second-order valence-corrected chi connectivity index (χ2v) is 14.9. The largest absolute Gasteiger partial charge is 0.448 e. The summed E-state index contributed by atoms with van der Waals surface area (Å²) in [5, 5.41) is 11.1. The molecule has 1 aliphatic carbocycles. The number of H-pyrrole nitrogens is 1. The summed E-state index contributed by atoms with van der Waals surface area (Å²) < 4.78 is 25.1. The van der Waals surface area contributed by atoms with Gasteiger partial charge in [0, 0.05) is 66.8 Å². The highest BCUT2D eigenvalue weighted by atomic mass is 19.1. The van der Waals surface area contributed by atoms with Crippen molar-refractivity contribution < 1.29 is 37.8 Å². The molecular formula is C43H47FN6O7. The molecule has 5 amide bonds. The number of carbonyl (C=O) groups excluding carboxylic acids is 5. The van der Waals surface area contributed by atoms with Crippen molar-refractivity contribution in [3.8, 4) is 11.1 Å². The Morgan fingerprint density at radius 3 is 2.37 bits per heavy atom. The van der Waals surface area contributed by atoms with E-state index >= 15 is 0 Å². The molecule has 4 aromatic rings. The van der Waals surface area contributed by atoms with Crippen LogP contribution in [0.3, 0.4) is 0 Å². The SMILES string of the molecule is CCN(CCNC(=O)c1c(C)[nH]c(C=C2C(=O)Nc3ccc(F)cc32)c1C)C(=O)OCC1c2ccccc2-c2c(C(=O)NCCNC(=O)OC(C)(C)C)cccc21. The molecule has 57 heavy (non-hydrogen) atoms. The lowest BCUT2D eigenvalue weighted by molar-refractivity contribution is -0.110. The topological polar surface area (TPSA) is 171 Å². The fraction of sp³-hybridized carbons (Fsp3) is 0.326. The van der Waals surface area contributed by atoms with Crippen molar-refractivity contribution in [2.75, 3.05) is 44.6 Å². The molecule has 0 radical (unpaired) electrons. The van der Waals surface area contributed by atoms with Gasteiger partial charge in [0.1, 0.15) is 18.0 Å². The zero-order chi connectivity index (χ0) is 41.0.